The van der Waals surface area contributed by atoms with E-state index in [-0.39, 0.29) is 28.4 Å². The van der Waals surface area contributed by atoms with Crippen LogP contribution < -0.4 is 11.3 Å². The minimum absolute atomic E-state index is 0.00911. The molecule has 0 unspecified atom stereocenters. The summed E-state index contributed by atoms with van der Waals surface area (Å²) in [5, 5.41) is 22.5. The molecular weight excluding hydrogens is 308 g/mol. The van der Waals surface area contributed by atoms with Crippen molar-refractivity contribution >= 4 is 5.82 Å². The van der Waals surface area contributed by atoms with Crippen LogP contribution in [0.4, 0.5) is 5.82 Å². The molecule has 0 radical (unpaired) electrons. The molecule has 24 heavy (non-hydrogen) atoms. The molecule has 2 aromatic heterocycles. The molecule has 3 aromatic rings. The number of H-pyrrole nitrogens is 1. The Morgan fingerprint density at radius 3 is 2.42 bits per heavy atom. The molecule has 3 rings (SSSR count). The SMILES string of the molecule is Cc1noc(-c2ccccc2-c2c(C#N)c(N)[nH]c(=O)c2C#N)n1. The zero-order chi connectivity index (χ0) is 17.3. The number of hydrogen-bond donors (Lipinski definition) is 2. The molecule has 8 heteroatoms. The summed E-state index contributed by atoms with van der Waals surface area (Å²) in [6.07, 6.45) is 0. The predicted octanol–water partition coefficient (Wildman–Crippen LogP) is 1.73. The Balaban J connectivity index is 2.43. The van der Waals surface area contributed by atoms with Gasteiger partial charge in [-0.25, -0.2) is 0 Å². The van der Waals surface area contributed by atoms with Crippen LogP contribution in [0.1, 0.15) is 17.0 Å². The molecule has 0 saturated carbocycles. The topological polar surface area (TPSA) is 145 Å². The van der Waals surface area contributed by atoms with Gasteiger partial charge in [-0.1, -0.05) is 23.4 Å². The molecule has 0 bridgehead atoms. The molecule has 3 N–H and O–H groups in total. The Kier molecular flexibility index (Phi) is 3.57. The molecule has 0 aliphatic rings. The quantitative estimate of drug-likeness (QED) is 0.731. The number of aromatic amines is 1. The summed E-state index contributed by atoms with van der Waals surface area (Å²) in [5.41, 5.74) is 5.97. The number of nitrogen functional groups attached to an aromatic ring is 1. The summed E-state index contributed by atoms with van der Waals surface area (Å²) < 4.78 is 5.18. The van der Waals surface area contributed by atoms with Gasteiger partial charge < -0.3 is 15.2 Å². The number of nitrogens with one attached hydrogen (secondary N) is 1. The predicted molar refractivity (Wildman–Crippen MR) is 84.4 cm³/mol. The summed E-state index contributed by atoms with van der Waals surface area (Å²) in [6.45, 7) is 1.67. The second-order valence-electron chi connectivity index (χ2n) is 4.91. The minimum atomic E-state index is -0.666. The summed E-state index contributed by atoms with van der Waals surface area (Å²) in [6, 6.07) is 10.6. The first-order valence-corrected chi connectivity index (χ1v) is 6.82. The van der Waals surface area contributed by atoms with E-state index in [0.29, 0.717) is 17.0 Å². The first-order chi connectivity index (χ1) is 11.6. The van der Waals surface area contributed by atoms with Crippen molar-refractivity contribution in [3.05, 3.63) is 51.6 Å². The van der Waals surface area contributed by atoms with Gasteiger partial charge in [0.25, 0.3) is 11.4 Å². The van der Waals surface area contributed by atoms with E-state index in [2.05, 4.69) is 15.1 Å². The maximum Gasteiger partial charge on any atom is 0.268 e. The molecular formula is C16H10N6O2. The van der Waals surface area contributed by atoms with Gasteiger partial charge in [-0.15, -0.1) is 0 Å². The third-order valence-corrected chi connectivity index (χ3v) is 3.42. The van der Waals surface area contributed by atoms with E-state index >= 15 is 0 Å². The standard InChI is InChI=1S/C16H10N6O2/c1-8-20-16(24-22-8)10-5-3-2-4-9(10)13-11(6-17)14(19)21-15(23)12(13)7-18/h2-5H,1H3,(H3,19,21,23). The van der Waals surface area contributed by atoms with Gasteiger partial charge in [-0.05, 0) is 18.6 Å². The molecule has 0 atom stereocenters. The second-order valence-corrected chi connectivity index (χ2v) is 4.91. The number of nitrogens with zero attached hydrogens (tertiary/aromatic N) is 4. The molecule has 8 nitrogen and oxygen atoms in total. The van der Waals surface area contributed by atoms with Crippen LogP contribution in [0.15, 0.2) is 33.6 Å². The molecule has 0 amide bonds. The summed E-state index contributed by atoms with van der Waals surface area (Å²) in [5.74, 6) is 0.550. The Morgan fingerprint density at radius 2 is 1.83 bits per heavy atom. The normalized spacial score (nSPS) is 10.1. The van der Waals surface area contributed by atoms with E-state index in [1.165, 1.54) is 0 Å². The fourth-order valence-electron chi connectivity index (χ4n) is 2.41. The first kappa shape index (κ1) is 15.0. The molecule has 0 aliphatic carbocycles. The average Bonchev–Trinajstić information content (AvgIpc) is 3.00. The molecule has 1 aromatic carbocycles. The number of aromatic nitrogens is 3. The van der Waals surface area contributed by atoms with Crippen molar-refractivity contribution in [2.75, 3.05) is 5.73 Å². The van der Waals surface area contributed by atoms with Gasteiger partial charge in [-0.2, -0.15) is 15.5 Å². The lowest BCUT2D eigenvalue weighted by Gasteiger charge is -2.11. The van der Waals surface area contributed by atoms with Crippen LogP contribution >= 0.6 is 0 Å². The maximum atomic E-state index is 12.1. The Labute approximate surface area is 135 Å². The van der Waals surface area contributed by atoms with E-state index < -0.39 is 5.56 Å². The van der Waals surface area contributed by atoms with Crippen LogP contribution in [0.3, 0.4) is 0 Å². The van der Waals surface area contributed by atoms with Crippen molar-refractivity contribution in [3.8, 4) is 34.7 Å². The lowest BCUT2D eigenvalue weighted by molar-refractivity contribution is 0.426. The molecule has 0 spiro atoms. The second kappa shape index (κ2) is 5.71. The van der Waals surface area contributed by atoms with Gasteiger partial charge in [0.1, 0.15) is 29.1 Å². The summed E-state index contributed by atoms with van der Waals surface area (Å²) in [7, 11) is 0. The number of pyridine rings is 1. The van der Waals surface area contributed by atoms with Crippen molar-refractivity contribution in [2.45, 2.75) is 6.92 Å². The van der Waals surface area contributed by atoms with Gasteiger partial charge in [0, 0.05) is 11.1 Å². The van der Waals surface area contributed by atoms with E-state index in [1.54, 1.807) is 31.2 Å². The van der Waals surface area contributed by atoms with Crippen LogP contribution in [0.25, 0.3) is 22.6 Å². The number of hydrogen-bond acceptors (Lipinski definition) is 7. The average molecular weight is 318 g/mol. The van der Waals surface area contributed by atoms with Gasteiger partial charge in [0.15, 0.2) is 5.82 Å². The Hall–Kier alpha value is -3.91. The highest BCUT2D eigenvalue weighted by Gasteiger charge is 2.22. The number of nitrogens with two attached hydrogens (primary N) is 1. The lowest BCUT2D eigenvalue weighted by Crippen LogP contribution is -2.16. The Bertz CT molecular complexity index is 1080. The highest BCUT2D eigenvalue weighted by Crippen LogP contribution is 2.35. The zero-order valence-electron chi connectivity index (χ0n) is 12.5. The Morgan fingerprint density at radius 1 is 1.17 bits per heavy atom. The van der Waals surface area contributed by atoms with E-state index in [0.717, 1.165) is 0 Å². The van der Waals surface area contributed by atoms with Crippen LogP contribution in [0.2, 0.25) is 0 Å². The summed E-state index contributed by atoms with van der Waals surface area (Å²) in [4.78, 5) is 18.5. The van der Waals surface area contributed by atoms with Crippen LogP contribution in [-0.2, 0) is 0 Å². The molecule has 116 valence electrons. The number of rotatable bonds is 2. The van der Waals surface area contributed by atoms with Gasteiger partial charge in [0.05, 0.1) is 0 Å². The van der Waals surface area contributed by atoms with Gasteiger partial charge >= 0.3 is 0 Å². The van der Waals surface area contributed by atoms with Crippen LogP contribution in [0.5, 0.6) is 0 Å². The number of aryl methyl sites for hydroxylation is 1. The third-order valence-electron chi connectivity index (χ3n) is 3.42. The third kappa shape index (κ3) is 2.28. The van der Waals surface area contributed by atoms with Crippen LogP contribution in [0, 0.1) is 29.6 Å². The molecule has 0 aliphatic heterocycles. The van der Waals surface area contributed by atoms with Crippen molar-refractivity contribution in [2.24, 2.45) is 0 Å². The maximum absolute atomic E-state index is 12.1. The number of anilines is 1. The van der Waals surface area contributed by atoms with Crippen LogP contribution in [-0.4, -0.2) is 15.1 Å². The first-order valence-electron chi connectivity index (χ1n) is 6.82. The molecule has 2 heterocycles. The van der Waals surface area contributed by atoms with E-state index in [9.17, 15) is 15.3 Å². The number of nitriles is 2. The fourth-order valence-corrected chi connectivity index (χ4v) is 2.41. The van der Waals surface area contributed by atoms with Crippen molar-refractivity contribution < 1.29 is 4.52 Å². The highest BCUT2D eigenvalue weighted by molar-refractivity contribution is 5.88. The molecule has 0 fully saturated rings. The van der Waals surface area contributed by atoms with E-state index in [4.69, 9.17) is 10.3 Å². The van der Waals surface area contributed by atoms with Crippen molar-refractivity contribution in [1.82, 2.24) is 15.1 Å². The lowest BCUT2D eigenvalue weighted by atomic mass is 9.93. The number of benzene rings is 1. The largest absolute Gasteiger partial charge is 0.384 e. The van der Waals surface area contributed by atoms with Crippen molar-refractivity contribution in [3.63, 3.8) is 0 Å². The van der Waals surface area contributed by atoms with Gasteiger partial charge in [-0.3, -0.25) is 4.79 Å². The van der Waals surface area contributed by atoms with Crippen molar-refractivity contribution in [1.29, 1.82) is 10.5 Å². The minimum Gasteiger partial charge on any atom is -0.384 e. The van der Waals surface area contributed by atoms with Gasteiger partial charge in [0.2, 0.25) is 0 Å². The smallest absolute Gasteiger partial charge is 0.268 e. The monoisotopic (exact) mass is 318 g/mol. The molecule has 0 saturated heterocycles. The summed E-state index contributed by atoms with van der Waals surface area (Å²) >= 11 is 0. The fraction of sp³-hybridized carbons (Fsp3) is 0.0625. The zero-order valence-corrected chi connectivity index (χ0v) is 12.5. The van der Waals surface area contributed by atoms with E-state index in [1.807, 2.05) is 12.1 Å². The highest BCUT2D eigenvalue weighted by atomic mass is 16.5.